The molecule has 4 fully saturated rings. The van der Waals surface area contributed by atoms with Gasteiger partial charge in [-0.3, -0.25) is 14.5 Å². The molecular formula is C39H43NO13. The Morgan fingerprint density at radius 2 is 1.45 bits per heavy atom. The van der Waals surface area contributed by atoms with E-state index in [4.69, 9.17) is 47.4 Å². The van der Waals surface area contributed by atoms with Crippen molar-refractivity contribution in [2.45, 2.75) is 94.6 Å². The second-order valence-corrected chi connectivity index (χ2v) is 13.2. The number of benzene rings is 3. The van der Waals surface area contributed by atoms with Gasteiger partial charge < -0.3 is 47.4 Å². The lowest BCUT2D eigenvalue weighted by atomic mass is 9.94. The molecule has 4 aliphatic rings. The van der Waals surface area contributed by atoms with E-state index >= 15 is 0 Å². The van der Waals surface area contributed by atoms with Gasteiger partial charge in [0, 0.05) is 33.1 Å². The van der Waals surface area contributed by atoms with Gasteiger partial charge in [0.05, 0.1) is 13.2 Å². The molecule has 0 bridgehead atoms. The predicted octanol–water partition coefficient (Wildman–Crippen LogP) is 4.05. The van der Waals surface area contributed by atoms with Crippen molar-refractivity contribution in [3.63, 3.8) is 0 Å². The summed E-state index contributed by atoms with van der Waals surface area (Å²) in [5.74, 6) is -1.20. The van der Waals surface area contributed by atoms with Gasteiger partial charge in [-0.2, -0.15) is 0 Å². The van der Waals surface area contributed by atoms with Gasteiger partial charge in [0.2, 0.25) is 0 Å². The fourth-order valence-corrected chi connectivity index (χ4v) is 7.16. The van der Waals surface area contributed by atoms with Crippen molar-refractivity contribution in [3.8, 4) is 0 Å². The molecule has 3 aromatic carbocycles. The molecule has 1 amide bonds. The molecule has 0 spiro atoms. The molecule has 11 atom stereocenters. The average molecular weight is 734 g/mol. The van der Waals surface area contributed by atoms with Crippen LogP contribution in [0.5, 0.6) is 0 Å². The zero-order valence-electron chi connectivity index (χ0n) is 29.6. The van der Waals surface area contributed by atoms with E-state index in [0.717, 1.165) is 16.7 Å². The van der Waals surface area contributed by atoms with Crippen molar-refractivity contribution < 1.29 is 61.8 Å². The number of fused-ring (bicyclic) bond motifs is 2. The minimum atomic E-state index is -1.23. The summed E-state index contributed by atoms with van der Waals surface area (Å²) in [5.41, 5.74) is 2.52. The second kappa shape index (κ2) is 16.7. The Kier molecular flexibility index (Phi) is 11.7. The molecule has 7 rings (SSSR count). The molecule has 282 valence electrons. The fraction of sp³-hybridized carbons (Fsp3) is 0.462. The van der Waals surface area contributed by atoms with Crippen molar-refractivity contribution in [1.29, 1.82) is 0 Å². The van der Waals surface area contributed by atoms with E-state index < -0.39 is 85.7 Å². The summed E-state index contributed by atoms with van der Waals surface area (Å²) in [7, 11) is 1.51. The summed E-state index contributed by atoms with van der Waals surface area (Å²) in [6.45, 7) is 2.67. The van der Waals surface area contributed by atoms with Crippen molar-refractivity contribution in [3.05, 3.63) is 108 Å². The first-order valence-corrected chi connectivity index (χ1v) is 17.6. The lowest BCUT2D eigenvalue weighted by molar-refractivity contribution is -0.389. The van der Waals surface area contributed by atoms with Gasteiger partial charge in [-0.25, -0.2) is 4.79 Å². The number of ether oxygens (including phenoxy) is 10. The van der Waals surface area contributed by atoms with Crippen LogP contribution in [0.3, 0.4) is 0 Å². The van der Waals surface area contributed by atoms with Crippen molar-refractivity contribution in [2.75, 3.05) is 20.3 Å². The van der Waals surface area contributed by atoms with Crippen LogP contribution < -0.4 is 0 Å². The Hall–Kier alpha value is -4.41. The Bertz CT molecular complexity index is 1670. The van der Waals surface area contributed by atoms with E-state index in [1.54, 1.807) is 0 Å². The number of carbonyl (C=O) groups excluding carboxylic acids is 3. The second-order valence-electron chi connectivity index (χ2n) is 13.2. The van der Waals surface area contributed by atoms with Crippen LogP contribution in [0.4, 0.5) is 4.79 Å². The molecule has 0 radical (unpaired) electrons. The zero-order valence-corrected chi connectivity index (χ0v) is 29.6. The highest BCUT2D eigenvalue weighted by Gasteiger charge is 2.61. The SMILES string of the molecule is CO[C@H]1O[C@@H]2COC(c3ccccc3)O[C@H]2[C@H](O[C@H]2O[C@H](COC(C)=O)[C@@H](OC(C)=O)[C@@H]3OC(=O)N(Cc4ccccc4)[C@@H]23)[C@H]1OCc1ccccc1. The van der Waals surface area contributed by atoms with Gasteiger partial charge in [-0.15, -0.1) is 0 Å². The number of esters is 2. The molecule has 1 unspecified atom stereocenters. The Morgan fingerprint density at radius 3 is 2.11 bits per heavy atom. The number of carbonyl (C=O) groups is 3. The molecule has 14 heteroatoms. The average Bonchev–Trinajstić information content (AvgIpc) is 3.50. The van der Waals surface area contributed by atoms with Crippen LogP contribution in [-0.2, 0) is 70.1 Å². The smallest absolute Gasteiger partial charge is 0.411 e. The molecule has 0 N–H and O–H groups in total. The lowest BCUT2D eigenvalue weighted by Crippen LogP contribution is -2.67. The Balaban J connectivity index is 1.26. The van der Waals surface area contributed by atoms with E-state index in [-0.39, 0.29) is 26.4 Å². The van der Waals surface area contributed by atoms with Gasteiger partial charge in [-0.1, -0.05) is 91.0 Å². The van der Waals surface area contributed by atoms with Gasteiger partial charge in [0.25, 0.3) is 0 Å². The van der Waals surface area contributed by atoms with Crippen LogP contribution >= 0.6 is 0 Å². The minimum Gasteiger partial charge on any atom is -0.463 e. The van der Waals surface area contributed by atoms with Gasteiger partial charge in [-0.05, 0) is 11.1 Å². The van der Waals surface area contributed by atoms with Crippen LogP contribution in [0.25, 0.3) is 0 Å². The van der Waals surface area contributed by atoms with Crippen LogP contribution in [-0.4, -0.2) is 105 Å². The van der Waals surface area contributed by atoms with Gasteiger partial charge >= 0.3 is 18.0 Å². The van der Waals surface area contributed by atoms with Crippen LogP contribution in [0.2, 0.25) is 0 Å². The Morgan fingerprint density at radius 1 is 0.774 bits per heavy atom. The summed E-state index contributed by atoms with van der Waals surface area (Å²) < 4.78 is 62.1. The highest BCUT2D eigenvalue weighted by atomic mass is 16.8. The van der Waals surface area contributed by atoms with E-state index in [2.05, 4.69) is 0 Å². The van der Waals surface area contributed by atoms with E-state index in [1.807, 2.05) is 91.0 Å². The van der Waals surface area contributed by atoms with E-state index in [0.29, 0.717) is 0 Å². The summed E-state index contributed by atoms with van der Waals surface area (Å²) in [4.78, 5) is 39.6. The highest BCUT2D eigenvalue weighted by molar-refractivity contribution is 5.72. The third kappa shape index (κ3) is 8.39. The zero-order chi connectivity index (χ0) is 36.9. The molecule has 0 aromatic heterocycles. The summed E-state index contributed by atoms with van der Waals surface area (Å²) in [5, 5.41) is 0. The van der Waals surface area contributed by atoms with Gasteiger partial charge in [0.15, 0.2) is 31.1 Å². The van der Waals surface area contributed by atoms with Crippen molar-refractivity contribution in [1.82, 2.24) is 4.90 Å². The summed E-state index contributed by atoms with van der Waals surface area (Å²) >= 11 is 0. The topological polar surface area (TPSA) is 147 Å². The molecular weight excluding hydrogens is 690 g/mol. The van der Waals surface area contributed by atoms with E-state index in [9.17, 15) is 14.4 Å². The normalized spacial score (nSPS) is 32.2. The van der Waals surface area contributed by atoms with Crippen LogP contribution in [0, 0.1) is 0 Å². The maximum atomic E-state index is 13.7. The monoisotopic (exact) mass is 733 g/mol. The minimum absolute atomic E-state index is 0.139. The van der Waals surface area contributed by atoms with Crippen LogP contribution in [0.15, 0.2) is 91.0 Å². The molecule has 53 heavy (non-hydrogen) atoms. The predicted molar refractivity (Wildman–Crippen MR) is 182 cm³/mol. The first-order valence-electron chi connectivity index (χ1n) is 17.6. The highest BCUT2D eigenvalue weighted by Crippen LogP contribution is 2.41. The first kappa shape index (κ1) is 36.9. The van der Waals surface area contributed by atoms with Crippen LogP contribution in [0.1, 0.15) is 36.8 Å². The van der Waals surface area contributed by atoms with E-state index in [1.165, 1.54) is 25.9 Å². The van der Waals surface area contributed by atoms with Crippen molar-refractivity contribution >= 4 is 18.0 Å². The number of methoxy groups -OCH3 is 1. The first-order chi connectivity index (χ1) is 25.8. The number of amides is 1. The largest absolute Gasteiger partial charge is 0.463 e. The quantitative estimate of drug-likeness (QED) is 0.195. The fourth-order valence-electron chi connectivity index (χ4n) is 7.16. The molecule has 4 heterocycles. The number of nitrogens with zero attached hydrogens (tertiary/aromatic N) is 1. The summed E-state index contributed by atoms with van der Waals surface area (Å²) in [6.07, 6.45) is -10.0. The third-order valence-corrected chi connectivity index (χ3v) is 9.56. The Labute approximate surface area is 307 Å². The number of hydrogen-bond acceptors (Lipinski definition) is 13. The number of hydrogen-bond donors (Lipinski definition) is 0. The lowest BCUT2D eigenvalue weighted by Gasteiger charge is -2.51. The maximum absolute atomic E-state index is 13.7. The molecule has 14 nitrogen and oxygen atoms in total. The molecule has 4 aliphatic heterocycles. The van der Waals surface area contributed by atoms with Gasteiger partial charge in [0.1, 0.15) is 43.2 Å². The third-order valence-electron chi connectivity index (χ3n) is 9.56. The number of rotatable bonds is 12. The molecule has 0 aliphatic carbocycles. The molecule has 4 saturated heterocycles. The standard InChI is InChI=1S/C39H43NO13/c1-23(41)45-21-28-31(48-24(2)42)33-30(40(39(43)53-33)19-25-13-7-4-8-14-25)37(49-28)52-34-32-29(22-47-36(51-32)27-17-11-6-12-18-27)50-38(44-3)35(34)46-20-26-15-9-5-10-16-26/h4-18,28-38H,19-22H2,1-3H3/t28-,29-,30-,31-,32-,33-,34+,35-,36?,37-,38+/m1/s1. The summed E-state index contributed by atoms with van der Waals surface area (Å²) in [6, 6.07) is 27.5. The van der Waals surface area contributed by atoms with Crippen molar-refractivity contribution in [2.24, 2.45) is 0 Å². The molecule has 3 aromatic rings. The maximum Gasteiger partial charge on any atom is 0.411 e. The molecule has 0 saturated carbocycles.